The Bertz CT molecular complexity index is 422. The minimum Gasteiger partial charge on any atom is -0.416 e. The second kappa shape index (κ2) is 5.88. The largest absolute Gasteiger partial charge is 0.416 e. The summed E-state index contributed by atoms with van der Waals surface area (Å²) in [6.07, 6.45) is 0. The minimum absolute atomic E-state index is 0.0318. The molecule has 1 aliphatic rings. The fraction of sp³-hybridized carbons (Fsp3) is 1.00. The van der Waals surface area contributed by atoms with Gasteiger partial charge in [-0.15, -0.1) is 0 Å². The molecule has 0 amide bonds. The van der Waals surface area contributed by atoms with E-state index in [4.69, 9.17) is 9.56 Å². The second-order valence-corrected chi connectivity index (χ2v) is 14.5. The molecule has 1 aliphatic heterocycles. The summed E-state index contributed by atoms with van der Waals surface area (Å²) in [4.78, 5) is 2.10. The maximum absolute atomic E-state index is 11.3. The van der Waals surface area contributed by atoms with Gasteiger partial charge in [-0.25, -0.2) is 13.6 Å². The van der Waals surface area contributed by atoms with Crippen molar-refractivity contribution in [1.29, 1.82) is 0 Å². The Balaban J connectivity index is 2.38. The maximum atomic E-state index is 11.3. The van der Waals surface area contributed by atoms with Gasteiger partial charge < -0.3 is 4.43 Å². The lowest BCUT2D eigenvalue weighted by molar-refractivity contribution is 0.134. The van der Waals surface area contributed by atoms with E-state index in [1.54, 1.807) is 0 Å². The first-order chi connectivity index (χ1) is 8.36. The van der Waals surface area contributed by atoms with Crippen LogP contribution >= 0.6 is 22.6 Å². The lowest BCUT2D eigenvalue weighted by atomic mass is 10.2. The molecular formula is C11H25IN2O3SSi. The van der Waals surface area contributed by atoms with E-state index in [0.29, 0.717) is 13.2 Å². The van der Waals surface area contributed by atoms with E-state index in [0.717, 1.165) is 6.54 Å². The fourth-order valence-corrected chi connectivity index (χ4v) is 5.51. The molecule has 0 aliphatic carbocycles. The summed E-state index contributed by atoms with van der Waals surface area (Å²) < 4.78 is 28.6. The Kier molecular flexibility index (Phi) is 5.51. The summed E-state index contributed by atoms with van der Waals surface area (Å²) in [6, 6.07) is 0. The average molecular weight is 420 g/mol. The summed E-state index contributed by atoms with van der Waals surface area (Å²) in [7, 11) is -5.11. The summed E-state index contributed by atoms with van der Waals surface area (Å²) >= 11 is 2.14. The molecule has 8 heteroatoms. The molecule has 2 atom stereocenters. The number of hydrogen-bond acceptors (Lipinski definition) is 4. The van der Waals surface area contributed by atoms with Gasteiger partial charge in [-0.1, -0.05) is 43.4 Å². The zero-order chi connectivity index (χ0) is 15.1. The first kappa shape index (κ1) is 17.8. The molecule has 5 nitrogen and oxygen atoms in total. The summed E-state index contributed by atoms with van der Waals surface area (Å²) in [5.74, 6) is 0. The van der Waals surface area contributed by atoms with Crippen LogP contribution in [0.4, 0.5) is 0 Å². The molecule has 0 spiro atoms. The zero-order valence-corrected chi connectivity index (χ0v) is 16.3. The number of sulfonamides is 1. The topological polar surface area (TPSA) is 72.6 Å². The highest BCUT2D eigenvalue weighted by Crippen LogP contribution is 2.36. The minimum atomic E-state index is -3.41. The van der Waals surface area contributed by atoms with Crippen LogP contribution in [-0.2, 0) is 14.4 Å². The molecular weight excluding hydrogens is 395 g/mol. The lowest BCUT2D eigenvalue weighted by Crippen LogP contribution is -2.62. The van der Waals surface area contributed by atoms with Gasteiger partial charge in [0, 0.05) is 19.7 Å². The molecule has 2 N–H and O–H groups in total. The molecule has 19 heavy (non-hydrogen) atoms. The van der Waals surface area contributed by atoms with Crippen molar-refractivity contribution in [3.8, 4) is 0 Å². The Labute approximate surface area is 131 Å². The predicted molar refractivity (Wildman–Crippen MR) is 89.4 cm³/mol. The second-order valence-electron chi connectivity index (χ2n) is 6.60. The normalized spacial score (nSPS) is 26.3. The molecule has 0 saturated carbocycles. The zero-order valence-electron chi connectivity index (χ0n) is 12.3. The summed E-state index contributed by atoms with van der Waals surface area (Å²) in [6.45, 7) is 13.0. The predicted octanol–water partition coefficient (Wildman–Crippen LogP) is 1.74. The van der Waals surface area contributed by atoms with E-state index in [1.165, 1.54) is 0 Å². The first-order valence-corrected chi connectivity index (χ1v) is 12.2. The number of likely N-dealkylation sites (tertiary alicyclic amines) is 1. The molecule has 0 aromatic rings. The lowest BCUT2D eigenvalue weighted by Gasteiger charge is -2.44. The molecule has 2 unspecified atom stereocenters. The van der Waals surface area contributed by atoms with Crippen LogP contribution in [0.3, 0.4) is 0 Å². The Hall–Kier alpha value is 0.777. The van der Waals surface area contributed by atoms with Crippen molar-refractivity contribution in [2.75, 3.05) is 19.7 Å². The number of halogens is 1. The molecule has 1 fully saturated rings. The van der Waals surface area contributed by atoms with Crippen LogP contribution in [-0.4, -0.2) is 50.6 Å². The first-order valence-electron chi connectivity index (χ1n) is 6.40. The highest BCUT2D eigenvalue weighted by Gasteiger charge is 2.44. The van der Waals surface area contributed by atoms with Gasteiger partial charge in [-0.2, -0.15) is 0 Å². The highest BCUT2D eigenvalue weighted by atomic mass is 127. The highest BCUT2D eigenvalue weighted by molar-refractivity contribution is 14.1. The van der Waals surface area contributed by atoms with Crippen molar-refractivity contribution >= 4 is 40.9 Å². The van der Waals surface area contributed by atoms with Gasteiger partial charge >= 0.3 is 0 Å². The monoisotopic (exact) mass is 420 g/mol. The Morgan fingerprint density at radius 2 is 1.95 bits per heavy atom. The number of nitrogens with zero attached hydrogens (tertiary/aromatic N) is 1. The molecule has 0 aromatic heterocycles. The van der Waals surface area contributed by atoms with Crippen molar-refractivity contribution < 1.29 is 12.8 Å². The standard InChI is InChI=1S/C11H25IN2O3SSi/c1-11(2,3)19(4,5)17-7-6-14-8-9(10(14)12)18(13,15)16/h9-10H,6-8H2,1-5H3,(H2,13,15,16). The summed E-state index contributed by atoms with van der Waals surface area (Å²) in [5, 5.41) is 4.94. The van der Waals surface area contributed by atoms with E-state index in [2.05, 4.69) is 61.4 Å². The van der Waals surface area contributed by atoms with Gasteiger partial charge in [0.05, 0.1) is 4.05 Å². The van der Waals surface area contributed by atoms with Crippen LogP contribution in [0.5, 0.6) is 0 Å². The number of hydrogen-bond donors (Lipinski definition) is 1. The van der Waals surface area contributed by atoms with Crippen molar-refractivity contribution in [2.24, 2.45) is 5.14 Å². The quantitative estimate of drug-likeness (QED) is 0.318. The molecule has 0 radical (unpaired) electrons. The van der Waals surface area contributed by atoms with Gasteiger partial charge in [-0.05, 0) is 18.1 Å². The smallest absolute Gasteiger partial charge is 0.215 e. The third-order valence-electron chi connectivity index (χ3n) is 4.14. The molecule has 0 aromatic carbocycles. The Morgan fingerprint density at radius 3 is 2.32 bits per heavy atom. The van der Waals surface area contributed by atoms with Crippen molar-refractivity contribution in [3.63, 3.8) is 0 Å². The number of nitrogens with two attached hydrogens (primary N) is 1. The molecule has 1 rings (SSSR count). The number of primary sulfonamides is 1. The molecule has 1 heterocycles. The number of rotatable bonds is 5. The van der Waals surface area contributed by atoms with Gasteiger partial charge in [0.15, 0.2) is 8.32 Å². The third kappa shape index (κ3) is 4.37. The van der Waals surface area contributed by atoms with Gasteiger partial charge in [-0.3, -0.25) is 4.90 Å². The van der Waals surface area contributed by atoms with Gasteiger partial charge in [0.2, 0.25) is 10.0 Å². The van der Waals surface area contributed by atoms with E-state index < -0.39 is 23.6 Å². The maximum Gasteiger partial charge on any atom is 0.215 e. The van der Waals surface area contributed by atoms with Gasteiger partial charge in [0.1, 0.15) is 5.25 Å². The van der Waals surface area contributed by atoms with E-state index in [9.17, 15) is 8.42 Å². The van der Waals surface area contributed by atoms with Crippen LogP contribution in [0.2, 0.25) is 18.1 Å². The van der Waals surface area contributed by atoms with Gasteiger partial charge in [0.25, 0.3) is 0 Å². The van der Waals surface area contributed by atoms with Crippen LogP contribution in [0.1, 0.15) is 20.8 Å². The number of alkyl halides is 1. The average Bonchev–Trinajstić information content (AvgIpc) is 2.17. The van der Waals surface area contributed by atoms with Crippen LogP contribution in [0.15, 0.2) is 0 Å². The van der Waals surface area contributed by atoms with E-state index in [1.807, 2.05) is 0 Å². The van der Waals surface area contributed by atoms with Crippen LogP contribution < -0.4 is 5.14 Å². The van der Waals surface area contributed by atoms with Crippen molar-refractivity contribution in [2.45, 2.75) is 48.2 Å². The van der Waals surface area contributed by atoms with Crippen molar-refractivity contribution in [1.82, 2.24) is 4.90 Å². The molecule has 1 saturated heterocycles. The molecule has 0 bridgehead atoms. The van der Waals surface area contributed by atoms with Crippen LogP contribution in [0, 0.1) is 0 Å². The summed E-state index contributed by atoms with van der Waals surface area (Å²) in [5.41, 5.74) is 0. The SMILES string of the molecule is CC(C)(C)[Si](C)(C)OCCN1CC(S(N)(=O)=O)C1I. The third-order valence-corrected chi connectivity index (χ3v) is 12.1. The Morgan fingerprint density at radius 1 is 1.42 bits per heavy atom. The van der Waals surface area contributed by atoms with E-state index in [-0.39, 0.29) is 9.09 Å². The van der Waals surface area contributed by atoms with Crippen LogP contribution in [0.25, 0.3) is 0 Å². The fourth-order valence-electron chi connectivity index (χ4n) is 1.63. The van der Waals surface area contributed by atoms with E-state index >= 15 is 0 Å². The molecule has 114 valence electrons. The van der Waals surface area contributed by atoms with Crippen molar-refractivity contribution in [3.05, 3.63) is 0 Å².